The first-order valence-corrected chi connectivity index (χ1v) is 23.0. The second-order valence-corrected chi connectivity index (χ2v) is 20.8. The van der Waals surface area contributed by atoms with Gasteiger partial charge in [0.25, 0.3) is 0 Å². The van der Waals surface area contributed by atoms with Crippen LogP contribution in [0.3, 0.4) is 0 Å². The number of unbranched alkanes of at least 4 members (excludes halogenated alkanes) is 4. The molecule has 0 bridgehead atoms. The molecule has 3 rings (SSSR count). The van der Waals surface area contributed by atoms with Crippen LogP contribution in [0, 0.1) is 5.41 Å². The standard InChI is InChI=1S/C44H70BO6P/c1-8-12-31-52(32-13-9-2,33-14-10-3,34-15-11-4)51-45(46)50-30-16-29-44(35-38-17-23-41(47-5)24-18-38,36-39-19-25-42(48-6)26-20-39)37-40-21-27-43(49-7)28-22-40/h17-28,46H,8-16,29-37H2,1-7H3. The van der Waals surface area contributed by atoms with Gasteiger partial charge in [-0.2, -0.15) is 0 Å². The van der Waals surface area contributed by atoms with E-state index in [1.165, 1.54) is 16.7 Å². The Hall–Kier alpha value is -2.57. The van der Waals surface area contributed by atoms with Gasteiger partial charge in [0.1, 0.15) is 0 Å². The molecule has 0 saturated carbocycles. The Kier molecular flexibility index (Phi) is 19.1. The van der Waals surface area contributed by atoms with Gasteiger partial charge in [0.15, 0.2) is 0 Å². The second-order valence-electron chi connectivity index (χ2n) is 15.1. The van der Waals surface area contributed by atoms with E-state index in [2.05, 4.69) is 100 Å². The van der Waals surface area contributed by atoms with Gasteiger partial charge < -0.3 is 14.2 Å². The summed E-state index contributed by atoms with van der Waals surface area (Å²) in [4.78, 5) is 0. The van der Waals surface area contributed by atoms with Crippen molar-refractivity contribution in [2.45, 2.75) is 111 Å². The van der Waals surface area contributed by atoms with Crippen molar-refractivity contribution in [3.63, 3.8) is 0 Å². The van der Waals surface area contributed by atoms with E-state index < -0.39 is 14.2 Å². The van der Waals surface area contributed by atoms with Crippen molar-refractivity contribution in [2.75, 3.05) is 52.6 Å². The van der Waals surface area contributed by atoms with Crippen molar-refractivity contribution in [1.82, 2.24) is 0 Å². The van der Waals surface area contributed by atoms with Crippen LogP contribution < -0.4 is 14.2 Å². The summed E-state index contributed by atoms with van der Waals surface area (Å²) in [6.45, 7) is 6.85. The van der Waals surface area contributed by atoms with Crippen molar-refractivity contribution in [1.29, 1.82) is 0 Å². The summed E-state index contributed by atoms with van der Waals surface area (Å²) in [6, 6.07) is 25.4. The molecule has 290 valence electrons. The van der Waals surface area contributed by atoms with Crippen LogP contribution in [0.1, 0.15) is 109 Å². The average Bonchev–Trinajstić information content (AvgIpc) is 3.17. The third-order valence-corrected chi connectivity index (χ3v) is 17.6. The molecule has 0 atom stereocenters. The third kappa shape index (κ3) is 13.7. The van der Waals surface area contributed by atoms with Crippen molar-refractivity contribution >= 4 is 14.2 Å². The van der Waals surface area contributed by atoms with E-state index in [0.717, 1.165) is 125 Å². The number of rotatable bonds is 28. The molecule has 0 saturated heterocycles. The molecule has 0 heterocycles. The van der Waals surface area contributed by atoms with Gasteiger partial charge in [0.2, 0.25) is 0 Å². The van der Waals surface area contributed by atoms with Gasteiger partial charge in [-0.05, 0) is 0 Å². The molecule has 0 aromatic heterocycles. The molecule has 0 spiro atoms. The molecular weight excluding hydrogens is 666 g/mol. The molecular formula is C44H70BO6P. The van der Waals surface area contributed by atoms with E-state index in [9.17, 15) is 5.02 Å². The van der Waals surface area contributed by atoms with Crippen LogP contribution in [0.2, 0.25) is 0 Å². The molecule has 6 nitrogen and oxygen atoms in total. The van der Waals surface area contributed by atoms with E-state index in [1.807, 2.05) is 0 Å². The van der Waals surface area contributed by atoms with Gasteiger partial charge in [-0.1, -0.05) is 0 Å². The van der Waals surface area contributed by atoms with Gasteiger partial charge in [-0.3, -0.25) is 0 Å². The monoisotopic (exact) mass is 737 g/mol. The first kappa shape index (κ1) is 43.8. The first-order chi connectivity index (χ1) is 25.2. The van der Waals surface area contributed by atoms with Gasteiger partial charge in [-0.25, -0.2) is 0 Å². The fraction of sp³-hybridized carbons (Fsp3) is 0.591. The fourth-order valence-electron chi connectivity index (χ4n) is 8.01. The Morgan fingerprint density at radius 3 is 1.13 bits per heavy atom. The van der Waals surface area contributed by atoms with Gasteiger partial charge in [0, 0.05) is 0 Å². The summed E-state index contributed by atoms with van der Waals surface area (Å²) in [5, 5.41) is 11.6. The SMILES string of the molecule is CCCCP(CCCC)(CCCC)(CCCC)OB(O)OCCCC(Cc1ccc(OC)cc1)(Cc1ccc(OC)cc1)Cc1ccc(OC)cc1. The van der Waals surface area contributed by atoms with E-state index in [1.54, 1.807) is 21.3 Å². The second kappa shape index (κ2) is 22.6. The Balaban J connectivity index is 1.91. The Morgan fingerprint density at radius 1 is 0.519 bits per heavy atom. The topological polar surface area (TPSA) is 66.4 Å². The predicted molar refractivity (Wildman–Crippen MR) is 223 cm³/mol. The van der Waals surface area contributed by atoms with E-state index >= 15 is 0 Å². The van der Waals surface area contributed by atoms with Gasteiger partial charge >= 0.3 is 283 Å². The maximum atomic E-state index is 11.6. The molecule has 0 unspecified atom stereocenters. The van der Waals surface area contributed by atoms with Crippen LogP contribution in [0.25, 0.3) is 0 Å². The minimum absolute atomic E-state index is 0.128. The van der Waals surface area contributed by atoms with Gasteiger partial charge in [-0.15, -0.1) is 0 Å². The van der Waals surface area contributed by atoms with Crippen molar-refractivity contribution in [3.05, 3.63) is 89.5 Å². The molecule has 0 aliphatic carbocycles. The normalized spacial score (nSPS) is 12.7. The molecule has 52 heavy (non-hydrogen) atoms. The Labute approximate surface area is 317 Å². The number of hydrogen-bond acceptors (Lipinski definition) is 6. The van der Waals surface area contributed by atoms with Crippen LogP contribution in [0.5, 0.6) is 17.2 Å². The van der Waals surface area contributed by atoms with Crippen LogP contribution >= 0.6 is 6.83 Å². The fourth-order valence-corrected chi connectivity index (χ4v) is 14.8. The van der Waals surface area contributed by atoms with E-state index in [-0.39, 0.29) is 5.41 Å². The molecule has 0 fully saturated rings. The maximum absolute atomic E-state index is 11.6. The average molecular weight is 737 g/mol. The zero-order valence-electron chi connectivity index (χ0n) is 33.7. The third-order valence-electron chi connectivity index (χ3n) is 11.0. The van der Waals surface area contributed by atoms with E-state index in [4.69, 9.17) is 23.3 Å². The van der Waals surface area contributed by atoms with Crippen LogP contribution in [-0.2, 0) is 28.4 Å². The van der Waals surface area contributed by atoms with Crippen molar-refractivity contribution in [2.24, 2.45) is 5.41 Å². The molecule has 0 radical (unpaired) electrons. The molecule has 3 aromatic carbocycles. The number of methoxy groups -OCH3 is 3. The quantitative estimate of drug-likeness (QED) is 0.0455. The number of hydrogen-bond donors (Lipinski definition) is 1. The summed E-state index contributed by atoms with van der Waals surface area (Å²) in [5.74, 6) is 2.57. The van der Waals surface area contributed by atoms with Gasteiger partial charge in [0.05, 0.1) is 21.3 Å². The number of benzene rings is 3. The summed E-state index contributed by atoms with van der Waals surface area (Å²) in [5.41, 5.74) is 3.67. The van der Waals surface area contributed by atoms with Crippen LogP contribution in [0.15, 0.2) is 72.8 Å². The molecule has 0 aliphatic rings. The summed E-state index contributed by atoms with van der Waals surface area (Å²) in [7, 11) is 3.93. The molecule has 0 aliphatic heterocycles. The zero-order valence-corrected chi connectivity index (χ0v) is 34.6. The molecule has 3 aromatic rings. The molecule has 8 heteroatoms. The Bertz CT molecular complexity index is 1220. The molecule has 0 amide bonds. The van der Waals surface area contributed by atoms with Crippen LogP contribution in [-0.4, -0.2) is 64.9 Å². The predicted octanol–water partition coefficient (Wildman–Crippen LogP) is 11.2. The summed E-state index contributed by atoms with van der Waals surface area (Å²) in [6.07, 6.45) is 17.9. The summed E-state index contributed by atoms with van der Waals surface area (Å²) < 4.78 is 29.8. The number of ether oxygens (including phenoxy) is 3. The summed E-state index contributed by atoms with van der Waals surface area (Å²) >= 11 is 0. The zero-order chi connectivity index (χ0) is 37.7. The molecule has 1 N–H and O–H groups in total. The van der Waals surface area contributed by atoms with Crippen molar-refractivity contribution < 1.29 is 28.3 Å². The first-order valence-electron chi connectivity index (χ1n) is 20.1. The van der Waals surface area contributed by atoms with Crippen molar-refractivity contribution in [3.8, 4) is 17.2 Å². The minimum atomic E-state index is -2.68. The van der Waals surface area contributed by atoms with Crippen LogP contribution in [0.4, 0.5) is 0 Å². The Morgan fingerprint density at radius 2 is 0.846 bits per heavy atom. The van der Waals surface area contributed by atoms with E-state index in [0.29, 0.717) is 6.61 Å².